The minimum Gasteiger partial charge on any atom is -0.491 e. The maximum Gasteiger partial charge on any atom is 0.190 e. The van der Waals surface area contributed by atoms with E-state index < -0.39 is 29.6 Å². The van der Waals surface area contributed by atoms with Gasteiger partial charge in [0, 0.05) is 6.61 Å². The van der Waals surface area contributed by atoms with E-state index in [9.17, 15) is 19.0 Å². The predicted octanol–water partition coefficient (Wildman–Crippen LogP) is 0.750. The molecule has 2 atom stereocenters. The molecule has 0 aromatic heterocycles. The number of hydrogen-bond donors (Lipinski definition) is 3. The third-order valence-corrected chi connectivity index (χ3v) is 2.36. The summed E-state index contributed by atoms with van der Waals surface area (Å²) in [6.45, 7) is -0.334. The van der Waals surface area contributed by atoms with Gasteiger partial charge in [-0.15, -0.1) is 0 Å². The summed E-state index contributed by atoms with van der Waals surface area (Å²) < 4.78 is 31.1. The number of aliphatic hydroxyl groups excluding tert-OH is 3. The number of rotatable bonds is 5. The zero-order valence-corrected chi connectivity index (χ0v) is 9.23. The molecule has 0 aliphatic rings. The van der Waals surface area contributed by atoms with Gasteiger partial charge in [-0.05, 0) is 24.1 Å². The van der Waals surface area contributed by atoms with Gasteiger partial charge in [0.2, 0.25) is 0 Å². The molecule has 0 spiro atoms. The van der Waals surface area contributed by atoms with Gasteiger partial charge in [0.05, 0.1) is 13.2 Å². The molecule has 0 fully saturated rings. The Kier molecular flexibility index (Phi) is 4.80. The molecule has 0 heterocycles. The van der Waals surface area contributed by atoms with E-state index in [1.54, 1.807) is 0 Å². The molecule has 96 valence electrons. The first-order chi connectivity index (χ1) is 8.01. The third kappa shape index (κ3) is 3.12. The molecule has 0 aliphatic carbocycles. The predicted molar refractivity (Wildman–Crippen MR) is 55.6 cm³/mol. The lowest BCUT2D eigenvalue weighted by molar-refractivity contribution is 0.00388. The number of hydrogen-bond acceptors (Lipinski definition) is 4. The highest BCUT2D eigenvalue weighted by Gasteiger charge is 2.21. The van der Waals surface area contributed by atoms with Crippen LogP contribution < -0.4 is 4.74 Å². The lowest BCUT2D eigenvalue weighted by Crippen LogP contribution is -2.20. The number of ether oxygens (including phenoxy) is 1. The minimum atomic E-state index is -1.46. The molecular formula is C11H14F2O4. The molecule has 0 saturated heterocycles. The van der Waals surface area contributed by atoms with Crippen molar-refractivity contribution >= 4 is 0 Å². The molecular weight excluding hydrogens is 234 g/mol. The molecule has 1 aromatic rings. The van der Waals surface area contributed by atoms with Gasteiger partial charge in [-0.1, -0.05) is 0 Å². The average molecular weight is 248 g/mol. The van der Waals surface area contributed by atoms with Gasteiger partial charge in [0.25, 0.3) is 0 Å². The first-order valence-electron chi connectivity index (χ1n) is 5.01. The Morgan fingerprint density at radius 1 is 1.24 bits per heavy atom. The number of methoxy groups -OCH3 is 1. The Labute approximate surface area is 97.1 Å². The van der Waals surface area contributed by atoms with Gasteiger partial charge >= 0.3 is 0 Å². The van der Waals surface area contributed by atoms with Crippen LogP contribution in [-0.4, -0.2) is 35.1 Å². The fourth-order valence-corrected chi connectivity index (χ4v) is 1.46. The quantitative estimate of drug-likeness (QED) is 0.719. The van der Waals surface area contributed by atoms with Crippen molar-refractivity contribution in [2.75, 3.05) is 13.7 Å². The van der Waals surface area contributed by atoms with E-state index >= 15 is 0 Å². The fourth-order valence-electron chi connectivity index (χ4n) is 1.46. The molecule has 0 aliphatic heterocycles. The molecule has 3 N–H and O–H groups in total. The minimum absolute atomic E-state index is 0.0869. The van der Waals surface area contributed by atoms with Crippen LogP contribution in [0.5, 0.6) is 5.75 Å². The summed E-state index contributed by atoms with van der Waals surface area (Å²) in [5.74, 6) is -2.46. The summed E-state index contributed by atoms with van der Waals surface area (Å²) in [5, 5.41) is 27.6. The zero-order valence-electron chi connectivity index (χ0n) is 9.23. The van der Waals surface area contributed by atoms with Crippen LogP contribution in [0.3, 0.4) is 0 Å². The molecule has 0 saturated carbocycles. The van der Waals surface area contributed by atoms with E-state index in [4.69, 9.17) is 5.11 Å². The highest BCUT2D eigenvalue weighted by Crippen LogP contribution is 2.27. The van der Waals surface area contributed by atoms with E-state index in [1.165, 1.54) is 0 Å². The van der Waals surface area contributed by atoms with Gasteiger partial charge < -0.3 is 20.1 Å². The van der Waals surface area contributed by atoms with Crippen molar-refractivity contribution < 1.29 is 28.8 Å². The molecule has 4 nitrogen and oxygen atoms in total. The van der Waals surface area contributed by atoms with Gasteiger partial charge in [0.15, 0.2) is 17.4 Å². The van der Waals surface area contributed by atoms with Crippen molar-refractivity contribution in [3.05, 3.63) is 29.3 Å². The van der Waals surface area contributed by atoms with Crippen LogP contribution in [0.15, 0.2) is 12.1 Å². The van der Waals surface area contributed by atoms with Crippen LogP contribution in [0, 0.1) is 11.6 Å². The van der Waals surface area contributed by atoms with Crippen molar-refractivity contribution in [2.45, 2.75) is 18.6 Å². The fraction of sp³-hybridized carbons (Fsp3) is 0.455. The summed E-state index contributed by atoms with van der Waals surface area (Å²) in [5.41, 5.74) is -0.109. The molecule has 0 amide bonds. The van der Waals surface area contributed by atoms with Crippen LogP contribution in [0.4, 0.5) is 8.78 Å². The summed E-state index contributed by atoms with van der Waals surface area (Å²) in [4.78, 5) is 0. The van der Waals surface area contributed by atoms with Crippen molar-refractivity contribution in [2.24, 2.45) is 0 Å². The first-order valence-corrected chi connectivity index (χ1v) is 5.01. The smallest absolute Gasteiger partial charge is 0.190 e. The number of halogens is 2. The van der Waals surface area contributed by atoms with E-state index in [1.807, 2.05) is 0 Å². The molecule has 2 unspecified atom stereocenters. The SMILES string of the molecule is COc1c(F)cc(C(O)C(O)CCO)cc1F. The van der Waals surface area contributed by atoms with Gasteiger partial charge in [-0.25, -0.2) is 8.78 Å². The van der Waals surface area contributed by atoms with Crippen LogP contribution in [0.1, 0.15) is 18.1 Å². The van der Waals surface area contributed by atoms with E-state index in [0.717, 1.165) is 19.2 Å². The second kappa shape index (κ2) is 5.90. The normalized spacial score (nSPS) is 14.5. The molecule has 1 aromatic carbocycles. The lowest BCUT2D eigenvalue weighted by atomic mass is 10.0. The van der Waals surface area contributed by atoms with Crippen LogP contribution in [-0.2, 0) is 0 Å². The second-order valence-corrected chi connectivity index (χ2v) is 3.54. The van der Waals surface area contributed by atoms with Crippen LogP contribution in [0.2, 0.25) is 0 Å². The van der Waals surface area contributed by atoms with Crippen LogP contribution in [0.25, 0.3) is 0 Å². The van der Waals surface area contributed by atoms with Crippen molar-refractivity contribution in [3.8, 4) is 5.75 Å². The van der Waals surface area contributed by atoms with E-state index in [0.29, 0.717) is 0 Å². The Morgan fingerprint density at radius 3 is 2.18 bits per heavy atom. The van der Waals surface area contributed by atoms with Gasteiger partial charge in [-0.2, -0.15) is 0 Å². The summed E-state index contributed by atoms with van der Waals surface area (Å²) in [6.07, 6.45) is -2.83. The Hall–Kier alpha value is -1.24. The Bertz CT molecular complexity index is 361. The highest BCUT2D eigenvalue weighted by atomic mass is 19.1. The second-order valence-electron chi connectivity index (χ2n) is 3.54. The molecule has 17 heavy (non-hydrogen) atoms. The molecule has 0 radical (unpaired) electrons. The van der Waals surface area contributed by atoms with Gasteiger partial charge in [-0.3, -0.25) is 0 Å². The largest absolute Gasteiger partial charge is 0.491 e. The molecule has 6 heteroatoms. The lowest BCUT2D eigenvalue weighted by Gasteiger charge is -2.18. The monoisotopic (exact) mass is 248 g/mol. The van der Waals surface area contributed by atoms with Crippen LogP contribution >= 0.6 is 0 Å². The van der Waals surface area contributed by atoms with E-state index in [2.05, 4.69) is 4.74 Å². The number of benzene rings is 1. The maximum absolute atomic E-state index is 13.3. The summed E-state index contributed by atoms with van der Waals surface area (Å²) >= 11 is 0. The van der Waals surface area contributed by atoms with Crippen molar-refractivity contribution in [1.82, 2.24) is 0 Å². The van der Waals surface area contributed by atoms with Crippen molar-refractivity contribution in [3.63, 3.8) is 0 Å². The topological polar surface area (TPSA) is 69.9 Å². The Morgan fingerprint density at radius 2 is 1.76 bits per heavy atom. The third-order valence-electron chi connectivity index (χ3n) is 2.36. The molecule has 1 rings (SSSR count). The molecule has 0 bridgehead atoms. The summed E-state index contributed by atoms with van der Waals surface area (Å²) in [6, 6.07) is 1.76. The first kappa shape index (κ1) is 13.8. The van der Waals surface area contributed by atoms with E-state index in [-0.39, 0.29) is 18.6 Å². The summed E-state index contributed by atoms with van der Waals surface area (Å²) in [7, 11) is 1.12. The number of aliphatic hydroxyl groups is 3. The van der Waals surface area contributed by atoms with Gasteiger partial charge in [0.1, 0.15) is 6.10 Å². The van der Waals surface area contributed by atoms with Crippen molar-refractivity contribution in [1.29, 1.82) is 0 Å². The zero-order chi connectivity index (χ0) is 13.0. The maximum atomic E-state index is 13.3. The Balaban J connectivity index is 2.99. The standard InChI is InChI=1S/C11H14F2O4/c1-17-11-7(12)4-6(5-8(11)13)10(16)9(15)2-3-14/h4-5,9-10,14-16H,2-3H2,1H3. The highest BCUT2D eigenvalue weighted by molar-refractivity contribution is 5.32. The average Bonchev–Trinajstić information content (AvgIpc) is 2.27.